The van der Waals surface area contributed by atoms with Gasteiger partial charge in [0.15, 0.2) is 0 Å². The second kappa shape index (κ2) is 9.31. The quantitative estimate of drug-likeness (QED) is 0.529. The van der Waals surface area contributed by atoms with Gasteiger partial charge in [0, 0.05) is 13.2 Å². The maximum Gasteiger partial charge on any atom is 0.0887 e. The first-order valence-electron chi connectivity index (χ1n) is 8.67. The Hall–Kier alpha value is -1.69. The van der Waals surface area contributed by atoms with Crippen LogP contribution >= 0.6 is 12.4 Å². The number of aliphatic hydroxyl groups excluding tert-OH is 2. The Labute approximate surface area is 160 Å². The summed E-state index contributed by atoms with van der Waals surface area (Å²) in [6.45, 7) is 2.87. The molecule has 3 aromatic rings. The fourth-order valence-corrected chi connectivity index (χ4v) is 3.18. The van der Waals surface area contributed by atoms with Crippen LogP contribution in [0.2, 0.25) is 0 Å². The van der Waals surface area contributed by atoms with Crippen molar-refractivity contribution in [2.24, 2.45) is 0 Å². The highest BCUT2D eigenvalue weighted by molar-refractivity contribution is 6.02. The van der Waals surface area contributed by atoms with Crippen LogP contribution in [0.4, 0.5) is 0 Å². The molecule has 0 heterocycles. The van der Waals surface area contributed by atoms with Crippen LogP contribution in [-0.4, -0.2) is 42.2 Å². The van der Waals surface area contributed by atoms with Crippen LogP contribution in [0.1, 0.15) is 12.5 Å². The molecular weight excluding hydrogens is 350 g/mol. The summed E-state index contributed by atoms with van der Waals surface area (Å²) in [6, 6.07) is 18.8. The van der Waals surface area contributed by atoms with Crippen molar-refractivity contribution in [1.82, 2.24) is 5.32 Å². The molecule has 0 aromatic heterocycles. The molecule has 0 saturated carbocycles. The van der Waals surface area contributed by atoms with Gasteiger partial charge in [-0.15, -0.1) is 12.4 Å². The summed E-state index contributed by atoms with van der Waals surface area (Å²) in [5.41, 5.74) is 0.310. The van der Waals surface area contributed by atoms with E-state index in [1.807, 2.05) is 31.2 Å². The molecule has 0 aliphatic rings. The first-order chi connectivity index (χ1) is 12.2. The maximum atomic E-state index is 9.81. The Morgan fingerprint density at radius 2 is 1.46 bits per heavy atom. The van der Waals surface area contributed by atoms with Gasteiger partial charge in [0.2, 0.25) is 0 Å². The molecule has 26 heavy (non-hydrogen) atoms. The number of ether oxygens (including phenoxy) is 1. The van der Waals surface area contributed by atoms with Crippen LogP contribution < -0.4 is 5.32 Å². The normalized spacial score (nSPS) is 11.7. The highest BCUT2D eigenvalue weighted by Crippen LogP contribution is 2.28. The molecule has 140 valence electrons. The van der Waals surface area contributed by atoms with Gasteiger partial charge in [0.25, 0.3) is 0 Å². The van der Waals surface area contributed by atoms with Crippen molar-refractivity contribution in [2.45, 2.75) is 19.0 Å². The van der Waals surface area contributed by atoms with Crippen molar-refractivity contribution in [3.8, 4) is 0 Å². The number of halogens is 1. The maximum absolute atomic E-state index is 9.81. The molecule has 3 rings (SSSR count). The van der Waals surface area contributed by atoms with Crippen LogP contribution in [0.15, 0.2) is 54.6 Å². The van der Waals surface area contributed by atoms with Gasteiger partial charge in [-0.05, 0) is 40.1 Å². The second-order valence-corrected chi connectivity index (χ2v) is 6.38. The fourth-order valence-electron chi connectivity index (χ4n) is 3.18. The predicted molar refractivity (Wildman–Crippen MR) is 109 cm³/mol. The lowest BCUT2D eigenvalue weighted by Crippen LogP contribution is -2.55. The van der Waals surface area contributed by atoms with Crippen LogP contribution in [0.5, 0.6) is 0 Å². The van der Waals surface area contributed by atoms with E-state index in [4.69, 9.17) is 4.74 Å². The zero-order chi connectivity index (χ0) is 17.7. The number of nitrogens with one attached hydrogen (secondary N) is 1. The summed E-state index contributed by atoms with van der Waals surface area (Å²) in [5.74, 6) is 0. The van der Waals surface area contributed by atoms with Crippen LogP contribution in [0.25, 0.3) is 21.5 Å². The molecule has 3 aromatic carbocycles. The number of benzene rings is 3. The van der Waals surface area contributed by atoms with Crippen LogP contribution in [0, 0.1) is 0 Å². The van der Waals surface area contributed by atoms with Crippen molar-refractivity contribution in [1.29, 1.82) is 0 Å². The summed E-state index contributed by atoms with van der Waals surface area (Å²) < 4.78 is 5.46. The number of hydrogen-bond acceptors (Lipinski definition) is 4. The van der Waals surface area contributed by atoms with Gasteiger partial charge >= 0.3 is 0 Å². The smallest absolute Gasteiger partial charge is 0.0887 e. The topological polar surface area (TPSA) is 61.7 Å². The molecule has 0 bridgehead atoms. The predicted octanol–water partition coefficient (Wildman–Crippen LogP) is 3.26. The molecule has 0 unspecified atom stereocenters. The van der Waals surface area contributed by atoms with Gasteiger partial charge in [0.05, 0.1) is 25.4 Å². The minimum atomic E-state index is -0.853. The van der Waals surface area contributed by atoms with Crippen molar-refractivity contribution >= 4 is 34.0 Å². The average Bonchev–Trinajstić information content (AvgIpc) is 2.67. The largest absolute Gasteiger partial charge is 0.394 e. The summed E-state index contributed by atoms with van der Waals surface area (Å²) in [6.07, 6.45) is 0. The Bertz CT molecular complexity index is 795. The van der Waals surface area contributed by atoms with Crippen molar-refractivity contribution in [3.05, 3.63) is 60.2 Å². The number of rotatable bonds is 8. The zero-order valence-electron chi connectivity index (χ0n) is 14.9. The molecule has 0 aliphatic heterocycles. The van der Waals surface area contributed by atoms with Crippen molar-refractivity contribution in [2.75, 3.05) is 26.4 Å². The number of aliphatic hydroxyl groups is 2. The molecule has 0 amide bonds. The Kier molecular flexibility index (Phi) is 7.38. The standard InChI is InChI=1S/C21H25NO3.ClH/c1-2-25-15-21(13-23,14-24)22-12-20-18-9-5-3-7-16(18)11-17-8-4-6-10-19(17)20;/h3-11,22-24H,2,12-15H2,1H3;1H. The summed E-state index contributed by atoms with van der Waals surface area (Å²) >= 11 is 0. The SMILES string of the molecule is CCOCC(CO)(CO)NCc1c2ccccc2cc2ccccc12.Cl. The van der Waals surface area contributed by atoms with E-state index < -0.39 is 5.54 Å². The Morgan fingerprint density at radius 1 is 0.923 bits per heavy atom. The minimum Gasteiger partial charge on any atom is -0.394 e. The van der Waals surface area contributed by atoms with E-state index in [9.17, 15) is 10.2 Å². The molecule has 0 atom stereocenters. The molecule has 0 radical (unpaired) electrons. The van der Waals surface area contributed by atoms with Gasteiger partial charge in [-0.3, -0.25) is 0 Å². The van der Waals surface area contributed by atoms with Crippen molar-refractivity contribution in [3.63, 3.8) is 0 Å². The molecule has 0 saturated heterocycles. The molecule has 0 aliphatic carbocycles. The van der Waals surface area contributed by atoms with Gasteiger partial charge in [-0.2, -0.15) is 0 Å². The van der Waals surface area contributed by atoms with E-state index in [-0.39, 0.29) is 32.2 Å². The summed E-state index contributed by atoms with van der Waals surface area (Å²) in [5, 5.41) is 27.7. The molecule has 0 spiro atoms. The van der Waals surface area contributed by atoms with Gasteiger partial charge < -0.3 is 20.3 Å². The third-order valence-electron chi connectivity index (χ3n) is 4.71. The summed E-state index contributed by atoms with van der Waals surface area (Å²) in [7, 11) is 0. The van der Waals surface area contributed by atoms with Crippen LogP contribution in [-0.2, 0) is 11.3 Å². The molecule has 3 N–H and O–H groups in total. The van der Waals surface area contributed by atoms with E-state index in [2.05, 4.69) is 35.6 Å². The third-order valence-corrected chi connectivity index (χ3v) is 4.71. The average molecular weight is 376 g/mol. The highest BCUT2D eigenvalue weighted by atomic mass is 35.5. The lowest BCUT2D eigenvalue weighted by Gasteiger charge is -2.31. The monoisotopic (exact) mass is 375 g/mol. The van der Waals surface area contributed by atoms with E-state index in [1.165, 1.54) is 21.5 Å². The highest BCUT2D eigenvalue weighted by Gasteiger charge is 2.28. The lowest BCUT2D eigenvalue weighted by molar-refractivity contribution is 0.00762. The Morgan fingerprint density at radius 3 is 1.96 bits per heavy atom. The van der Waals surface area contributed by atoms with E-state index in [0.717, 1.165) is 5.56 Å². The van der Waals surface area contributed by atoms with Crippen LogP contribution in [0.3, 0.4) is 0 Å². The molecular formula is C21H26ClNO3. The summed E-state index contributed by atoms with van der Waals surface area (Å²) in [4.78, 5) is 0. The molecule has 4 nitrogen and oxygen atoms in total. The first-order valence-corrected chi connectivity index (χ1v) is 8.67. The minimum absolute atomic E-state index is 0. The van der Waals surface area contributed by atoms with Gasteiger partial charge in [-0.1, -0.05) is 48.5 Å². The first kappa shape index (κ1) is 20.6. The Balaban J connectivity index is 0.00000243. The van der Waals surface area contributed by atoms with Gasteiger partial charge in [-0.25, -0.2) is 0 Å². The van der Waals surface area contributed by atoms with E-state index >= 15 is 0 Å². The van der Waals surface area contributed by atoms with E-state index in [0.29, 0.717) is 13.2 Å². The van der Waals surface area contributed by atoms with Crippen molar-refractivity contribution < 1.29 is 14.9 Å². The lowest BCUT2D eigenvalue weighted by atomic mass is 9.95. The van der Waals surface area contributed by atoms with Gasteiger partial charge in [0.1, 0.15) is 0 Å². The van der Waals surface area contributed by atoms with E-state index in [1.54, 1.807) is 0 Å². The number of fused-ring (bicyclic) bond motifs is 2. The molecule has 0 fully saturated rings. The molecule has 5 heteroatoms. The fraction of sp³-hybridized carbons (Fsp3) is 0.333. The number of hydrogen-bond donors (Lipinski definition) is 3. The second-order valence-electron chi connectivity index (χ2n) is 6.38. The zero-order valence-corrected chi connectivity index (χ0v) is 15.8. The third kappa shape index (κ3) is 4.17.